The van der Waals surface area contributed by atoms with Crippen LogP contribution in [0.3, 0.4) is 0 Å². The van der Waals surface area contributed by atoms with Gasteiger partial charge in [-0.15, -0.1) is 0 Å². The third-order valence-corrected chi connectivity index (χ3v) is 5.71. The molecule has 2 heterocycles. The van der Waals surface area contributed by atoms with Crippen LogP contribution >= 0.6 is 0 Å². The molecule has 0 aromatic heterocycles. The maximum absolute atomic E-state index is 15.1. The summed E-state index contributed by atoms with van der Waals surface area (Å²) in [7, 11) is 0. The third kappa shape index (κ3) is 4.67. The molecule has 0 aliphatic carbocycles. The summed E-state index contributed by atoms with van der Waals surface area (Å²) in [5, 5.41) is 9.18. The Hall–Kier alpha value is -3.20. The molecule has 1 N–H and O–H groups in total. The first-order valence-electron chi connectivity index (χ1n) is 10.5. The third-order valence-electron chi connectivity index (χ3n) is 5.71. The number of aliphatic hydroxyl groups excluding tert-OH is 1. The fourth-order valence-corrected chi connectivity index (χ4v) is 4.02. The molecule has 0 radical (unpaired) electrons. The zero-order valence-corrected chi connectivity index (χ0v) is 17.3. The maximum Gasteiger partial charge on any atom is 0.414 e. The summed E-state index contributed by atoms with van der Waals surface area (Å²) in [5.74, 6) is -0.664. The average molecular weight is 446 g/mol. The number of nitrogens with zero attached hydrogens (tertiary/aromatic N) is 2. The number of ether oxygens (including phenoxy) is 2. The van der Waals surface area contributed by atoms with Crippen LogP contribution < -0.4 is 4.90 Å². The second-order valence-corrected chi connectivity index (χ2v) is 7.88. The van der Waals surface area contributed by atoms with Crippen molar-refractivity contribution in [3.05, 3.63) is 65.5 Å². The predicted molar refractivity (Wildman–Crippen MR) is 111 cm³/mol. The smallest absolute Gasteiger partial charge is 0.414 e. The number of carbonyl (C=O) groups is 2. The van der Waals surface area contributed by atoms with Crippen LogP contribution in [0, 0.1) is 5.82 Å². The summed E-state index contributed by atoms with van der Waals surface area (Å²) in [6.45, 7) is -0.0609. The van der Waals surface area contributed by atoms with Gasteiger partial charge in [0.1, 0.15) is 24.7 Å². The zero-order chi connectivity index (χ0) is 22.7. The number of hydrogen-bond acceptors (Lipinski definition) is 5. The van der Waals surface area contributed by atoms with Crippen LogP contribution in [-0.2, 0) is 16.1 Å². The van der Waals surface area contributed by atoms with Gasteiger partial charge >= 0.3 is 12.2 Å². The molecule has 0 saturated carbocycles. The molecule has 2 fully saturated rings. The molecule has 2 saturated heterocycles. The molecule has 7 nitrogen and oxygen atoms in total. The van der Waals surface area contributed by atoms with Gasteiger partial charge in [0.25, 0.3) is 0 Å². The van der Waals surface area contributed by atoms with Crippen molar-refractivity contribution in [3.63, 3.8) is 0 Å². The molecule has 2 aliphatic heterocycles. The van der Waals surface area contributed by atoms with Crippen molar-refractivity contribution in [1.29, 1.82) is 0 Å². The highest BCUT2D eigenvalue weighted by Gasteiger charge is 2.36. The molecule has 2 aromatic rings. The van der Waals surface area contributed by atoms with Gasteiger partial charge in [-0.2, -0.15) is 0 Å². The Kier molecular flexibility index (Phi) is 6.55. The van der Waals surface area contributed by atoms with Gasteiger partial charge in [0.2, 0.25) is 0 Å². The minimum absolute atomic E-state index is 0.0466. The highest BCUT2D eigenvalue weighted by Crippen LogP contribution is 2.36. The van der Waals surface area contributed by atoms with Crippen LogP contribution in [-0.4, -0.2) is 54.2 Å². The second kappa shape index (κ2) is 9.52. The summed E-state index contributed by atoms with van der Waals surface area (Å²) in [4.78, 5) is 27.3. The van der Waals surface area contributed by atoms with Crippen LogP contribution in [0.4, 0.5) is 24.1 Å². The van der Waals surface area contributed by atoms with Crippen LogP contribution in [0.15, 0.2) is 48.5 Å². The van der Waals surface area contributed by atoms with Crippen LogP contribution in [0.1, 0.15) is 30.0 Å². The molecule has 9 heteroatoms. The number of piperidine rings is 1. The largest absolute Gasteiger partial charge is 0.445 e. The standard InChI is InChI=1S/C23H24F2N2O5/c24-16-8-9-26(22(29)31-14-15-4-2-1-3-5-15)21(10-16)19-7-6-17(11-20(19)25)27-12-18(13-28)32-23(27)30/h1-7,11,16,18,21,28H,8-10,12-14H2/t16-,18?,21?/m1/s1. The van der Waals surface area contributed by atoms with Gasteiger partial charge in [-0.3, -0.25) is 4.90 Å². The second-order valence-electron chi connectivity index (χ2n) is 7.88. The molecule has 3 atom stereocenters. The molecule has 32 heavy (non-hydrogen) atoms. The summed E-state index contributed by atoms with van der Waals surface area (Å²) in [5.41, 5.74) is 1.23. The van der Waals surface area contributed by atoms with Gasteiger partial charge < -0.3 is 19.5 Å². The number of carbonyl (C=O) groups excluding carboxylic acids is 2. The number of likely N-dealkylation sites (tertiary alicyclic amines) is 1. The lowest BCUT2D eigenvalue weighted by molar-refractivity contribution is 0.0489. The Balaban J connectivity index is 1.51. The first-order valence-corrected chi connectivity index (χ1v) is 10.5. The Bertz CT molecular complexity index is 974. The highest BCUT2D eigenvalue weighted by molar-refractivity contribution is 5.89. The van der Waals surface area contributed by atoms with Gasteiger partial charge in [0.05, 0.1) is 24.9 Å². The molecule has 170 valence electrons. The lowest BCUT2D eigenvalue weighted by atomic mass is 9.93. The average Bonchev–Trinajstić information content (AvgIpc) is 3.19. The Morgan fingerprint density at radius 3 is 2.69 bits per heavy atom. The van der Waals surface area contributed by atoms with E-state index in [-0.39, 0.29) is 50.4 Å². The fourth-order valence-electron chi connectivity index (χ4n) is 4.02. The number of aliphatic hydroxyl groups is 1. The van der Waals surface area contributed by atoms with Crippen LogP contribution in [0.5, 0.6) is 0 Å². The van der Waals surface area contributed by atoms with Crippen molar-refractivity contribution in [2.24, 2.45) is 0 Å². The first kappa shape index (κ1) is 22.0. The quantitative estimate of drug-likeness (QED) is 0.752. The fraction of sp³-hybridized carbons (Fsp3) is 0.391. The van der Waals surface area contributed by atoms with Gasteiger partial charge in [-0.05, 0) is 24.1 Å². The molecule has 2 aromatic carbocycles. The number of rotatable bonds is 5. The highest BCUT2D eigenvalue weighted by atomic mass is 19.1. The minimum Gasteiger partial charge on any atom is -0.445 e. The SMILES string of the molecule is O=C1OC(CO)CN1c1ccc(C2C[C@H](F)CCN2C(=O)OCc2ccccc2)c(F)c1. The molecular weight excluding hydrogens is 422 g/mol. The number of amides is 2. The Morgan fingerprint density at radius 2 is 2.00 bits per heavy atom. The predicted octanol–water partition coefficient (Wildman–Crippen LogP) is 3.96. The number of halogens is 2. The summed E-state index contributed by atoms with van der Waals surface area (Å²) in [6.07, 6.45) is -3.05. The van der Waals surface area contributed by atoms with E-state index in [1.807, 2.05) is 30.3 Å². The number of hydrogen-bond donors (Lipinski definition) is 1. The van der Waals surface area contributed by atoms with Crippen molar-refractivity contribution in [3.8, 4) is 0 Å². The van der Waals surface area contributed by atoms with Crippen molar-refractivity contribution in [1.82, 2.24) is 4.90 Å². The molecule has 0 spiro atoms. The molecule has 2 unspecified atom stereocenters. The normalized spacial score (nSPS) is 23.2. The van der Waals surface area contributed by atoms with E-state index in [1.54, 1.807) is 0 Å². The monoisotopic (exact) mass is 446 g/mol. The van der Waals surface area contributed by atoms with E-state index in [9.17, 15) is 19.1 Å². The molecule has 4 rings (SSSR count). The minimum atomic E-state index is -1.17. The van der Waals surface area contributed by atoms with E-state index in [0.29, 0.717) is 0 Å². The molecule has 2 amide bonds. The van der Waals surface area contributed by atoms with Crippen LogP contribution in [0.25, 0.3) is 0 Å². The van der Waals surface area contributed by atoms with Crippen molar-refractivity contribution in [2.75, 3.05) is 24.6 Å². The molecule has 2 aliphatic rings. The van der Waals surface area contributed by atoms with Crippen molar-refractivity contribution < 1.29 is 33.0 Å². The van der Waals surface area contributed by atoms with Gasteiger partial charge in [0, 0.05) is 18.5 Å². The Labute approximate surface area is 184 Å². The van der Waals surface area contributed by atoms with Gasteiger partial charge in [-0.1, -0.05) is 36.4 Å². The number of cyclic esters (lactones) is 1. The number of benzene rings is 2. The Morgan fingerprint density at radius 1 is 1.22 bits per heavy atom. The summed E-state index contributed by atoms with van der Waals surface area (Å²) in [6, 6.07) is 12.5. The van der Waals surface area contributed by atoms with E-state index >= 15 is 4.39 Å². The molecular formula is C23H24F2N2O5. The van der Waals surface area contributed by atoms with E-state index in [4.69, 9.17) is 9.47 Å². The lowest BCUT2D eigenvalue weighted by Gasteiger charge is -2.37. The topological polar surface area (TPSA) is 79.3 Å². The summed E-state index contributed by atoms with van der Waals surface area (Å²) < 4.78 is 39.7. The van der Waals surface area contributed by atoms with Crippen LogP contribution in [0.2, 0.25) is 0 Å². The lowest BCUT2D eigenvalue weighted by Crippen LogP contribution is -2.42. The van der Waals surface area contributed by atoms with Gasteiger partial charge in [0.15, 0.2) is 0 Å². The number of anilines is 1. The number of alkyl halides is 1. The van der Waals surface area contributed by atoms with E-state index < -0.39 is 36.3 Å². The first-order chi connectivity index (χ1) is 15.5. The van der Waals surface area contributed by atoms with E-state index in [2.05, 4.69) is 0 Å². The van der Waals surface area contributed by atoms with Crippen molar-refractivity contribution in [2.45, 2.75) is 37.8 Å². The van der Waals surface area contributed by atoms with Gasteiger partial charge in [-0.25, -0.2) is 18.4 Å². The molecule has 0 bridgehead atoms. The van der Waals surface area contributed by atoms with E-state index in [0.717, 1.165) is 11.6 Å². The summed E-state index contributed by atoms with van der Waals surface area (Å²) >= 11 is 0. The van der Waals surface area contributed by atoms with Crippen molar-refractivity contribution >= 4 is 17.9 Å². The zero-order valence-electron chi connectivity index (χ0n) is 17.3. The maximum atomic E-state index is 15.1. The van der Waals surface area contributed by atoms with E-state index in [1.165, 1.54) is 21.9 Å².